The number of aliphatic hydroxyl groups is 1. The fourth-order valence-corrected chi connectivity index (χ4v) is 21.5. The van der Waals surface area contributed by atoms with Gasteiger partial charge in [-0.2, -0.15) is 0 Å². The van der Waals surface area contributed by atoms with Crippen LogP contribution in [0.15, 0.2) is 103 Å². The van der Waals surface area contributed by atoms with Crippen LogP contribution in [0.25, 0.3) is 0 Å². The molecule has 0 aliphatic heterocycles. The molecule has 83 heavy (non-hydrogen) atoms. The number of carbonyl (C=O) groups is 4. The summed E-state index contributed by atoms with van der Waals surface area (Å²) in [5.41, 5.74) is 2.59. The van der Waals surface area contributed by atoms with Crippen molar-refractivity contribution in [1.82, 2.24) is 0 Å². The van der Waals surface area contributed by atoms with Crippen molar-refractivity contribution in [3.63, 3.8) is 0 Å². The van der Waals surface area contributed by atoms with Gasteiger partial charge in [0.05, 0.1) is 51.9 Å². The number of aryl methyl sites for hydroxylation is 2. The molecule has 0 bridgehead atoms. The van der Waals surface area contributed by atoms with Crippen LogP contribution < -0.4 is 0 Å². The summed E-state index contributed by atoms with van der Waals surface area (Å²) in [6.45, 7) is 29.1. The van der Waals surface area contributed by atoms with Crippen molar-refractivity contribution < 1.29 is 80.0 Å². The molecule has 6 rings (SSSR count). The average Bonchev–Trinajstić information content (AvgIpc) is 4.40. The van der Waals surface area contributed by atoms with Gasteiger partial charge in [-0.05, 0) is 106 Å². The van der Waals surface area contributed by atoms with Gasteiger partial charge in [-0.3, -0.25) is 20.2 Å². The van der Waals surface area contributed by atoms with Crippen molar-refractivity contribution in [2.45, 2.75) is 183 Å². The van der Waals surface area contributed by atoms with Gasteiger partial charge in [-0.1, -0.05) is 109 Å². The second-order valence-corrected chi connectivity index (χ2v) is 32.5. The predicted molar refractivity (Wildman–Crippen MR) is 312 cm³/mol. The number of carboxylic acid groups (broad SMARTS) is 1. The van der Waals surface area contributed by atoms with Crippen molar-refractivity contribution in [2.24, 2.45) is 0 Å². The van der Waals surface area contributed by atoms with E-state index in [0.29, 0.717) is 62.7 Å². The molecule has 2 N–H and O–H groups in total. The second-order valence-electron chi connectivity index (χ2n) is 21.5. The van der Waals surface area contributed by atoms with Gasteiger partial charge in [-0.25, -0.2) is 19.2 Å². The van der Waals surface area contributed by atoms with Crippen molar-refractivity contribution in [2.75, 3.05) is 0 Å². The fraction of sp³-hybridized carbons (Fsp3) is 0.467. The fourth-order valence-electron chi connectivity index (χ4n) is 10.8. The highest BCUT2D eigenvalue weighted by molar-refractivity contribution is 6.78. The number of rotatable bonds is 27. The molecule has 0 saturated heterocycles. The van der Waals surface area contributed by atoms with Gasteiger partial charge in [0.2, 0.25) is 39.7 Å². The van der Waals surface area contributed by atoms with Crippen LogP contribution in [-0.4, -0.2) is 60.6 Å². The summed E-state index contributed by atoms with van der Waals surface area (Å²) < 4.78 is 50.4. The maximum absolute atomic E-state index is 12.7. The van der Waals surface area contributed by atoms with Crippen molar-refractivity contribution in [3.05, 3.63) is 173 Å². The molecule has 0 fully saturated rings. The molecule has 0 saturated carbocycles. The van der Waals surface area contributed by atoms with E-state index in [1.54, 1.807) is 36.4 Å². The van der Waals surface area contributed by atoms with Gasteiger partial charge in [0.1, 0.15) is 42.9 Å². The lowest BCUT2D eigenvalue weighted by Crippen LogP contribution is -2.47. The normalized spacial score (nSPS) is 11.7. The van der Waals surface area contributed by atoms with Gasteiger partial charge >= 0.3 is 23.9 Å². The summed E-state index contributed by atoms with van der Waals surface area (Å²) >= 11 is 0. The Morgan fingerprint density at radius 3 is 0.988 bits per heavy atom. The number of nitro benzene ring substituents is 2. The largest absolute Gasteiger partial charge is 0.475 e. The standard InChI is InChI=1S/C30H39NO9Si.C23H33NO7Si.C7H8O3/c1-8-24-12-14-26(39-24)29(32)36-16-22-10-9-11-23(28(22)31(34)35)17-37-30(33)27-15-13-25(40-27)18-38-41(19(2)3,20(4)5)21(6)7;1-15(2)32(16(3)4,17(5)6)30-14-20-10-11-21(31-20)23(26)29-13-19-9-7-8-18(12-25)22(19)24(27)28;1-2-5-3-4-6(10-5)7(8)9/h9-15,19-21H,8,16-18H2,1-7H3;7-11,15-17,25H,12-14H2,1-6H3;3-4H,2H2,1H3,(H,8,9). The van der Waals surface area contributed by atoms with E-state index in [4.69, 9.17) is 45.8 Å². The molecular weight excluding hydrogens is 1110 g/mol. The van der Waals surface area contributed by atoms with Crippen molar-refractivity contribution >= 4 is 51.9 Å². The number of carbonyl (C=O) groups excluding carboxylic acids is 3. The van der Waals surface area contributed by atoms with Gasteiger partial charge in [0.15, 0.2) is 0 Å². The van der Waals surface area contributed by atoms with E-state index >= 15 is 0 Å². The minimum absolute atomic E-state index is 0.00970. The summed E-state index contributed by atoms with van der Waals surface area (Å²) in [6.07, 6.45) is 1.34. The van der Waals surface area contributed by atoms with Crippen molar-refractivity contribution in [1.29, 1.82) is 0 Å². The molecule has 0 radical (unpaired) electrons. The molecule has 4 aromatic heterocycles. The number of nitrogens with zero attached hydrogens (tertiary/aromatic N) is 2. The molecule has 0 aliphatic rings. The van der Waals surface area contributed by atoms with Crippen molar-refractivity contribution in [3.8, 4) is 0 Å². The Bertz CT molecular complexity index is 3060. The Hall–Kier alpha value is -7.45. The van der Waals surface area contributed by atoms with E-state index in [1.807, 2.05) is 13.8 Å². The van der Waals surface area contributed by atoms with E-state index < -0.39 is 57.0 Å². The Kier molecular flexibility index (Phi) is 25.6. The lowest BCUT2D eigenvalue weighted by Gasteiger charge is -2.41. The molecule has 0 spiro atoms. The molecule has 4 heterocycles. The van der Waals surface area contributed by atoms with E-state index in [-0.39, 0.29) is 89.7 Å². The monoisotopic (exact) mass is 1190 g/mol. The van der Waals surface area contributed by atoms with Crippen LogP contribution in [0.4, 0.5) is 11.4 Å². The number of furan rings is 4. The molecule has 452 valence electrons. The number of para-hydroxylation sites is 2. The number of hydrogen-bond donors (Lipinski definition) is 2. The zero-order valence-corrected chi connectivity index (χ0v) is 51.9. The molecule has 0 atom stereocenters. The highest BCUT2D eigenvalue weighted by atomic mass is 28.4. The molecule has 23 heteroatoms. The molecule has 6 aromatic rings. The Balaban J connectivity index is 0.000000311. The molecule has 0 aliphatic carbocycles. The summed E-state index contributed by atoms with van der Waals surface area (Å²) in [5.74, 6) is -0.840. The maximum Gasteiger partial charge on any atom is 0.374 e. The number of hydrogen-bond acceptors (Lipinski definition) is 18. The van der Waals surface area contributed by atoms with Crippen LogP contribution in [-0.2, 0) is 75.5 Å². The smallest absolute Gasteiger partial charge is 0.374 e. The maximum atomic E-state index is 12.7. The SMILES string of the molecule is CC(C)[Si](OCc1ccc(C(=O)OCc2cccc(CO)c2[N+](=O)[O-])o1)(C(C)C)C(C)C.CCc1ccc(C(=O)O)o1.CCc1ccc(C(=O)OCc2cccc(COC(=O)c3ccc(CO[Si](C(C)C)(C(C)C)C(C)C)o3)c2[N+](=O)[O-])o1. The van der Waals surface area contributed by atoms with Gasteiger partial charge < -0.3 is 50.9 Å². The first kappa shape index (κ1) is 68.1. The molecular formula is C60H80N2O19Si2. The number of aromatic carboxylic acids is 1. The number of ether oxygens (including phenoxy) is 3. The summed E-state index contributed by atoms with van der Waals surface area (Å²) in [5, 5.41) is 41.0. The Morgan fingerprint density at radius 1 is 0.446 bits per heavy atom. The number of esters is 3. The molecule has 21 nitrogen and oxygen atoms in total. The summed E-state index contributed by atoms with van der Waals surface area (Å²) in [6, 6.07) is 21.7. The highest BCUT2D eigenvalue weighted by Crippen LogP contribution is 2.44. The Morgan fingerprint density at radius 2 is 0.723 bits per heavy atom. The first-order valence-corrected chi connectivity index (χ1v) is 31.9. The zero-order valence-electron chi connectivity index (χ0n) is 49.9. The lowest BCUT2D eigenvalue weighted by molar-refractivity contribution is -0.387. The van der Waals surface area contributed by atoms with Gasteiger partial charge in [0, 0.05) is 12.8 Å². The van der Waals surface area contributed by atoms with Crippen LogP contribution >= 0.6 is 0 Å². The van der Waals surface area contributed by atoms with E-state index in [9.17, 15) is 44.5 Å². The van der Waals surface area contributed by atoms with E-state index in [1.165, 1.54) is 48.5 Å². The Labute approximate surface area is 486 Å². The van der Waals surface area contributed by atoms with Gasteiger partial charge in [0.25, 0.3) is 11.4 Å². The van der Waals surface area contributed by atoms with Crippen LogP contribution in [0.1, 0.15) is 184 Å². The second kappa shape index (κ2) is 31.3. The molecule has 0 unspecified atom stereocenters. The minimum Gasteiger partial charge on any atom is -0.475 e. The van der Waals surface area contributed by atoms with Crippen LogP contribution in [0, 0.1) is 20.2 Å². The van der Waals surface area contributed by atoms with E-state index in [2.05, 4.69) is 83.1 Å². The summed E-state index contributed by atoms with van der Waals surface area (Å²) in [4.78, 5) is 69.7. The third-order valence-electron chi connectivity index (χ3n) is 14.5. The summed E-state index contributed by atoms with van der Waals surface area (Å²) in [7, 11) is -4.20. The molecule has 2 aromatic carbocycles. The number of carboxylic acids is 1. The van der Waals surface area contributed by atoms with E-state index in [0.717, 1.165) is 6.42 Å². The minimum atomic E-state index is -2.12. The highest BCUT2D eigenvalue weighted by Gasteiger charge is 2.46. The van der Waals surface area contributed by atoms with Gasteiger partial charge in [-0.15, -0.1) is 0 Å². The van der Waals surface area contributed by atoms with Crippen LogP contribution in [0.2, 0.25) is 33.2 Å². The third-order valence-corrected chi connectivity index (χ3v) is 26.6. The topological polar surface area (TPSA) is 294 Å². The first-order chi connectivity index (χ1) is 39.2. The van der Waals surface area contributed by atoms with Crippen LogP contribution in [0.5, 0.6) is 0 Å². The lowest BCUT2D eigenvalue weighted by atomic mass is 10.1. The molecule has 0 amide bonds. The third kappa shape index (κ3) is 17.5. The average molecular weight is 1190 g/mol. The van der Waals surface area contributed by atoms with Crippen LogP contribution in [0.3, 0.4) is 0 Å². The number of nitro groups is 2. The first-order valence-electron chi connectivity index (χ1n) is 27.7. The number of benzene rings is 2. The number of aliphatic hydroxyl groups excluding tert-OH is 1. The quantitative estimate of drug-likeness (QED) is 0.0159. The zero-order chi connectivity index (χ0) is 61.9. The predicted octanol–water partition coefficient (Wildman–Crippen LogP) is 15.0.